The molecular formula is C14H25NO2. The van der Waals surface area contributed by atoms with Gasteiger partial charge < -0.3 is 5.11 Å². The summed E-state index contributed by atoms with van der Waals surface area (Å²) in [6.45, 7) is 7.75. The molecule has 0 radical (unpaired) electrons. The highest BCUT2D eigenvalue weighted by molar-refractivity contribution is 5.66. The van der Waals surface area contributed by atoms with E-state index in [9.17, 15) is 4.79 Å². The summed E-state index contributed by atoms with van der Waals surface area (Å²) in [5, 5.41) is 8.85. The molecule has 0 aliphatic heterocycles. The van der Waals surface area contributed by atoms with Gasteiger partial charge in [-0.1, -0.05) is 20.8 Å². The minimum Gasteiger partial charge on any atom is -0.481 e. The molecule has 2 atom stereocenters. The van der Waals surface area contributed by atoms with Gasteiger partial charge in [-0.25, -0.2) is 0 Å². The zero-order valence-corrected chi connectivity index (χ0v) is 11.3. The molecular weight excluding hydrogens is 214 g/mol. The molecule has 98 valence electrons. The first-order chi connectivity index (χ1) is 7.89. The molecule has 0 aromatic rings. The zero-order chi connectivity index (χ0) is 12.6. The van der Waals surface area contributed by atoms with Gasteiger partial charge in [0.2, 0.25) is 0 Å². The second-order valence-corrected chi connectivity index (χ2v) is 6.73. The fourth-order valence-electron chi connectivity index (χ4n) is 3.55. The van der Waals surface area contributed by atoms with Crippen LogP contribution in [0.25, 0.3) is 0 Å². The monoisotopic (exact) mass is 239 g/mol. The van der Waals surface area contributed by atoms with Crippen LogP contribution in [0, 0.1) is 11.3 Å². The van der Waals surface area contributed by atoms with Crippen molar-refractivity contribution in [2.75, 3.05) is 6.54 Å². The molecule has 0 bridgehead atoms. The highest BCUT2D eigenvalue weighted by Crippen LogP contribution is 2.45. The molecule has 2 rings (SSSR count). The molecule has 2 aliphatic carbocycles. The Kier molecular flexibility index (Phi) is 3.48. The Bertz CT molecular complexity index is 297. The van der Waals surface area contributed by atoms with Crippen molar-refractivity contribution < 1.29 is 9.90 Å². The van der Waals surface area contributed by atoms with E-state index in [1.165, 1.54) is 25.7 Å². The van der Waals surface area contributed by atoms with E-state index < -0.39 is 5.97 Å². The molecule has 3 nitrogen and oxygen atoms in total. The molecule has 17 heavy (non-hydrogen) atoms. The fraction of sp³-hybridized carbons (Fsp3) is 0.929. The van der Waals surface area contributed by atoms with Gasteiger partial charge >= 0.3 is 5.97 Å². The van der Waals surface area contributed by atoms with E-state index in [-0.39, 0.29) is 0 Å². The minimum atomic E-state index is -0.666. The Morgan fingerprint density at radius 1 is 1.35 bits per heavy atom. The smallest absolute Gasteiger partial charge is 0.304 e. The molecule has 0 heterocycles. The quantitative estimate of drug-likeness (QED) is 0.802. The number of aliphatic carboxylic acids is 1. The van der Waals surface area contributed by atoms with E-state index in [1.54, 1.807) is 0 Å². The van der Waals surface area contributed by atoms with Crippen LogP contribution in [0.5, 0.6) is 0 Å². The van der Waals surface area contributed by atoms with Crippen LogP contribution in [0.15, 0.2) is 0 Å². The summed E-state index contributed by atoms with van der Waals surface area (Å²) in [7, 11) is 0. The molecule has 0 aromatic carbocycles. The van der Waals surface area contributed by atoms with E-state index in [0.717, 1.165) is 6.54 Å². The lowest BCUT2D eigenvalue weighted by Gasteiger charge is -2.32. The van der Waals surface area contributed by atoms with Gasteiger partial charge in [-0.2, -0.15) is 0 Å². The summed E-state index contributed by atoms with van der Waals surface area (Å²) in [6, 6.07) is 1.28. The number of nitrogens with zero attached hydrogens (tertiary/aromatic N) is 1. The van der Waals surface area contributed by atoms with E-state index in [0.29, 0.717) is 29.8 Å². The maximum atomic E-state index is 10.7. The van der Waals surface area contributed by atoms with Crippen LogP contribution in [-0.2, 0) is 4.79 Å². The van der Waals surface area contributed by atoms with Gasteiger partial charge in [0, 0.05) is 18.6 Å². The summed E-state index contributed by atoms with van der Waals surface area (Å²) in [4.78, 5) is 13.2. The Labute approximate surface area is 104 Å². The summed E-state index contributed by atoms with van der Waals surface area (Å²) < 4.78 is 0. The van der Waals surface area contributed by atoms with Crippen molar-refractivity contribution in [3.8, 4) is 0 Å². The van der Waals surface area contributed by atoms with Crippen LogP contribution in [0.1, 0.15) is 52.9 Å². The summed E-state index contributed by atoms with van der Waals surface area (Å²) >= 11 is 0. The van der Waals surface area contributed by atoms with Gasteiger partial charge in [0.15, 0.2) is 0 Å². The van der Waals surface area contributed by atoms with Crippen LogP contribution in [0.4, 0.5) is 0 Å². The van der Waals surface area contributed by atoms with Crippen LogP contribution in [0.2, 0.25) is 0 Å². The lowest BCUT2D eigenvalue weighted by atomic mass is 9.91. The molecule has 1 N–H and O–H groups in total. The van der Waals surface area contributed by atoms with E-state index >= 15 is 0 Å². The molecule has 0 spiro atoms. The maximum absolute atomic E-state index is 10.7. The highest BCUT2D eigenvalue weighted by atomic mass is 16.4. The van der Waals surface area contributed by atoms with E-state index in [4.69, 9.17) is 5.11 Å². The van der Waals surface area contributed by atoms with Gasteiger partial charge in [0.1, 0.15) is 0 Å². The second-order valence-electron chi connectivity index (χ2n) is 6.73. The standard InChI is InChI=1S/C14H25NO2/c1-10-8-14(2,3)9-12(10)15(11-4-5-11)7-6-13(16)17/h10-12H,4-9H2,1-3H3,(H,16,17). The third-order valence-electron chi connectivity index (χ3n) is 4.32. The summed E-state index contributed by atoms with van der Waals surface area (Å²) in [6.07, 6.45) is 5.32. The topological polar surface area (TPSA) is 40.5 Å². The summed E-state index contributed by atoms with van der Waals surface area (Å²) in [5.74, 6) is 0.0416. The zero-order valence-electron chi connectivity index (χ0n) is 11.3. The lowest BCUT2D eigenvalue weighted by Crippen LogP contribution is -2.40. The van der Waals surface area contributed by atoms with Crippen molar-refractivity contribution in [3.05, 3.63) is 0 Å². The third-order valence-corrected chi connectivity index (χ3v) is 4.32. The van der Waals surface area contributed by atoms with Crippen molar-refractivity contribution in [3.63, 3.8) is 0 Å². The number of carboxylic acids is 1. The SMILES string of the molecule is CC1CC(C)(C)CC1N(CCC(=O)O)C1CC1. The normalized spacial score (nSPS) is 32.0. The first-order valence-electron chi connectivity index (χ1n) is 6.86. The molecule has 0 aromatic heterocycles. The second kappa shape index (κ2) is 4.60. The summed E-state index contributed by atoms with van der Waals surface area (Å²) in [5.41, 5.74) is 0.431. The van der Waals surface area contributed by atoms with Crippen molar-refractivity contribution in [1.82, 2.24) is 4.90 Å². The van der Waals surface area contributed by atoms with E-state index in [2.05, 4.69) is 25.7 Å². The number of carbonyl (C=O) groups is 1. The Hall–Kier alpha value is -0.570. The molecule has 2 unspecified atom stereocenters. The minimum absolute atomic E-state index is 0.292. The van der Waals surface area contributed by atoms with Gasteiger partial charge in [-0.05, 0) is 37.0 Å². The van der Waals surface area contributed by atoms with Crippen LogP contribution < -0.4 is 0 Å². The Morgan fingerprint density at radius 3 is 2.41 bits per heavy atom. The lowest BCUT2D eigenvalue weighted by molar-refractivity contribution is -0.137. The van der Waals surface area contributed by atoms with Crippen molar-refractivity contribution >= 4 is 5.97 Å². The number of rotatable bonds is 5. The molecule has 3 heteroatoms. The number of hydrogen-bond acceptors (Lipinski definition) is 2. The average molecular weight is 239 g/mol. The van der Waals surface area contributed by atoms with E-state index in [1.807, 2.05) is 0 Å². The Morgan fingerprint density at radius 2 is 2.00 bits per heavy atom. The van der Waals surface area contributed by atoms with Crippen molar-refractivity contribution in [2.24, 2.45) is 11.3 Å². The van der Waals surface area contributed by atoms with Crippen LogP contribution in [0.3, 0.4) is 0 Å². The predicted octanol–water partition coefficient (Wildman–Crippen LogP) is 2.75. The number of hydrogen-bond donors (Lipinski definition) is 1. The van der Waals surface area contributed by atoms with Gasteiger partial charge in [0.25, 0.3) is 0 Å². The van der Waals surface area contributed by atoms with Crippen LogP contribution in [-0.4, -0.2) is 34.6 Å². The Balaban J connectivity index is 1.98. The average Bonchev–Trinajstić information content (AvgIpc) is 2.94. The van der Waals surface area contributed by atoms with Gasteiger partial charge in [-0.3, -0.25) is 9.69 Å². The third kappa shape index (κ3) is 3.21. The first-order valence-corrected chi connectivity index (χ1v) is 6.86. The van der Waals surface area contributed by atoms with Crippen molar-refractivity contribution in [2.45, 2.75) is 65.0 Å². The molecule has 2 fully saturated rings. The highest BCUT2D eigenvalue weighted by Gasteiger charge is 2.43. The molecule has 0 amide bonds. The predicted molar refractivity (Wildman–Crippen MR) is 67.9 cm³/mol. The first kappa shape index (κ1) is 12.9. The number of carboxylic acid groups (broad SMARTS) is 1. The maximum Gasteiger partial charge on any atom is 0.304 e. The van der Waals surface area contributed by atoms with Gasteiger partial charge in [0.05, 0.1) is 6.42 Å². The largest absolute Gasteiger partial charge is 0.481 e. The fourth-order valence-corrected chi connectivity index (χ4v) is 3.55. The molecule has 2 aliphatic rings. The molecule has 2 saturated carbocycles. The van der Waals surface area contributed by atoms with Crippen LogP contribution >= 0.6 is 0 Å². The van der Waals surface area contributed by atoms with Crippen molar-refractivity contribution in [1.29, 1.82) is 0 Å². The van der Waals surface area contributed by atoms with Gasteiger partial charge in [-0.15, -0.1) is 0 Å². The molecule has 0 saturated heterocycles.